The van der Waals surface area contributed by atoms with Crippen LogP contribution in [-0.2, 0) is 0 Å². The molecule has 120 valence electrons. The van der Waals surface area contributed by atoms with Crippen LogP contribution in [0, 0.1) is 40.4 Å². The van der Waals surface area contributed by atoms with E-state index in [4.69, 9.17) is 0 Å². The topological polar surface area (TPSA) is 20.2 Å². The molecule has 6 aliphatic rings. The molecular formula is C20H34O. The van der Waals surface area contributed by atoms with Gasteiger partial charge in [0.05, 0.1) is 6.10 Å². The van der Waals surface area contributed by atoms with Gasteiger partial charge in [0.1, 0.15) is 0 Å². The minimum absolute atomic E-state index is 0.00762. The van der Waals surface area contributed by atoms with Gasteiger partial charge in [-0.25, -0.2) is 0 Å². The third kappa shape index (κ3) is 2.22. The SMILES string of the molecule is CC1=CC[C@@H]2C[C@H]1C2(C)C.C[C@H]1[C@H](O)C[C@@H]2C[C@H]1C2(C)C. The van der Waals surface area contributed by atoms with Crippen molar-refractivity contribution in [1.29, 1.82) is 0 Å². The summed E-state index contributed by atoms with van der Waals surface area (Å²) in [4.78, 5) is 0. The van der Waals surface area contributed by atoms with Crippen LogP contribution in [0.3, 0.4) is 0 Å². The van der Waals surface area contributed by atoms with Crippen LogP contribution in [-0.4, -0.2) is 11.2 Å². The molecule has 0 radical (unpaired) electrons. The third-order valence-corrected chi connectivity index (χ3v) is 8.06. The second-order valence-electron chi connectivity index (χ2n) is 9.51. The summed E-state index contributed by atoms with van der Waals surface area (Å²) >= 11 is 0. The lowest BCUT2D eigenvalue weighted by Gasteiger charge is -2.61. The zero-order valence-electron chi connectivity index (χ0n) is 14.8. The summed E-state index contributed by atoms with van der Waals surface area (Å²) in [6, 6.07) is 0. The first kappa shape index (κ1) is 15.6. The Kier molecular flexibility index (Phi) is 3.60. The van der Waals surface area contributed by atoms with Gasteiger partial charge in [0, 0.05) is 0 Å². The van der Waals surface area contributed by atoms with Gasteiger partial charge in [-0.05, 0) is 73.0 Å². The molecule has 4 bridgehead atoms. The average molecular weight is 290 g/mol. The summed E-state index contributed by atoms with van der Waals surface area (Å²) in [6.07, 6.45) is 7.65. The Bertz CT molecular complexity index is 445. The maximum atomic E-state index is 9.61. The fourth-order valence-electron chi connectivity index (χ4n) is 5.78. The highest BCUT2D eigenvalue weighted by atomic mass is 16.3. The number of allylic oxidation sites excluding steroid dienone is 2. The Morgan fingerprint density at radius 1 is 1.00 bits per heavy atom. The number of fused-ring (bicyclic) bond motifs is 3. The molecule has 1 N–H and O–H groups in total. The molecule has 4 fully saturated rings. The van der Waals surface area contributed by atoms with E-state index in [0.717, 1.165) is 30.1 Å². The van der Waals surface area contributed by atoms with Crippen LogP contribution >= 0.6 is 0 Å². The Morgan fingerprint density at radius 3 is 2.00 bits per heavy atom. The van der Waals surface area contributed by atoms with Crippen molar-refractivity contribution in [2.24, 2.45) is 40.4 Å². The Labute approximate surface area is 131 Å². The molecule has 6 rings (SSSR count). The first-order chi connectivity index (χ1) is 9.65. The molecule has 0 heterocycles. The van der Waals surface area contributed by atoms with Crippen molar-refractivity contribution in [3.8, 4) is 0 Å². The van der Waals surface area contributed by atoms with Gasteiger partial charge in [-0.1, -0.05) is 46.3 Å². The summed E-state index contributed by atoms with van der Waals surface area (Å²) in [5.41, 5.74) is 2.81. The van der Waals surface area contributed by atoms with Crippen LogP contribution in [0.2, 0.25) is 0 Å². The lowest BCUT2D eigenvalue weighted by molar-refractivity contribution is -0.154. The van der Waals surface area contributed by atoms with Gasteiger partial charge >= 0.3 is 0 Å². The van der Waals surface area contributed by atoms with E-state index < -0.39 is 0 Å². The minimum atomic E-state index is -0.00762. The van der Waals surface area contributed by atoms with E-state index in [9.17, 15) is 5.11 Å². The van der Waals surface area contributed by atoms with Gasteiger partial charge in [0.2, 0.25) is 0 Å². The van der Waals surface area contributed by atoms with Crippen molar-refractivity contribution in [3.05, 3.63) is 11.6 Å². The number of aliphatic hydroxyl groups is 1. The quantitative estimate of drug-likeness (QED) is 0.619. The molecule has 0 amide bonds. The largest absolute Gasteiger partial charge is 0.393 e. The Morgan fingerprint density at radius 2 is 1.67 bits per heavy atom. The highest BCUT2D eigenvalue weighted by Gasteiger charge is 2.55. The molecule has 1 heteroatoms. The van der Waals surface area contributed by atoms with E-state index in [2.05, 4.69) is 47.6 Å². The Balaban J connectivity index is 0.000000126. The summed E-state index contributed by atoms with van der Waals surface area (Å²) in [7, 11) is 0. The van der Waals surface area contributed by atoms with E-state index in [-0.39, 0.29) is 6.10 Å². The highest BCUT2D eigenvalue weighted by Crippen LogP contribution is 2.61. The third-order valence-electron chi connectivity index (χ3n) is 8.06. The van der Waals surface area contributed by atoms with Gasteiger partial charge in [-0.2, -0.15) is 0 Å². The maximum Gasteiger partial charge on any atom is 0.0571 e. The summed E-state index contributed by atoms with van der Waals surface area (Å²) in [5.74, 6) is 4.05. The van der Waals surface area contributed by atoms with Crippen LogP contribution in [0.4, 0.5) is 0 Å². The smallest absolute Gasteiger partial charge is 0.0571 e. The molecule has 4 saturated carbocycles. The van der Waals surface area contributed by atoms with Crippen LogP contribution in [0.5, 0.6) is 0 Å². The fourth-order valence-corrected chi connectivity index (χ4v) is 5.78. The van der Waals surface area contributed by atoms with Crippen molar-refractivity contribution in [1.82, 2.24) is 0 Å². The second-order valence-corrected chi connectivity index (χ2v) is 9.51. The zero-order chi connectivity index (χ0) is 15.6. The summed E-state index contributed by atoms with van der Waals surface area (Å²) in [5, 5.41) is 9.61. The van der Waals surface area contributed by atoms with Crippen molar-refractivity contribution in [3.63, 3.8) is 0 Å². The van der Waals surface area contributed by atoms with E-state index in [1.54, 1.807) is 5.57 Å². The predicted octanol–water partition coefficient (Wildman–Crippen LogP) is 5.05. The highest BCUT2D eigenvalue weighted by molar-refractivity contribution is 5.21. The van der Waals surface area contributed by atoms with Crippen molar-refractivity contribution >= 4 is 0 Å². The molecule has 0 unspecified atom stereocenters. The maximum absolute atomic E-state index is 9.61. The number of hydrogen-bond donors (Lipinski definition) is 1. The molecule has 21 heavy (non-hydrogen) atoms. The molecule has 0 aromatic rings. The van der Waals surface area contributed by atoms with Crippen molar-refractivity contribution in [2.75, 3.05) is 0 Å². The summed E-state index contributed by atoms with van der Waals surface area (Å²) in [6.45, 7) is 14.0. The van der Waals surface area contributed by atoms with Gasteiger partial charge in [-0.15, -0.1) is 0 Å². The second kappa shape index (κ2) is 4.85. The number of hydrogen-bond acceptors (Lipinski definition) is 1. The molecule has 0 aromatic heterocycles. The monoisotopic (exact) mass is 290 g/mol. The molecule has 6 aliphatic carbocycles. The Hall–Kier alpha value is -0.300. The van der Waals surface area contributed by atoms with Crippen LogP contribution in [0.15, 0.2) is 11.6 Å². The van der Waals surface area contributed by atoms with Gasteiger partial charge in [0.25, 0.3) is 0 Å². The lowest BCUT2D eigenvalue weighted by atomic mass is 9.45. The van der Waals surface area contributed by atoms with Crippen molar-refractivity contribution in [2.45, 2.75) is 73.3 Å². The van der Waals surface area contributed by atoms with E-state index in [1.807, 2.05) is 0 Å². The first-order valence-corrected chi connectivity index (χ1v) is 9.00. The predicted molar refractivity (Wildman–Crippen MR) is 88.9 cm³/mol. The molecule has 0 spiro atoms. The van der Waals surface area contributed by atoms with Crippen LogP contribution < -0.4 is 0 Å². The fraction of sp³-hybridized carbons (Fsp3) is 0.900. The lowest BCUT2D eigenvalue weighted by Crippen LogP contribution is -2.56. The van der Waals surface area contributed by atoms with Crippen molar-refractivity contribution < 1.29 is 5.11 Å². The molecule has 0 aromatic carbocycles. The molecule has 0 saturated heterocycles. The molecule has 1 nitrogen and oxygen atoms in total. The molecular weight excluding hydrogens is 256 g/mol. The normalized spacial score (nSPS) is 48.0. The first-order valence-electron chi connectivity index (χ1n) is 9.00. The molecule has 6 atom stereocenters. The molecule has 0 aliphatic heterocycles. The van der Waals surface area contributed by atoms with Crippen LogP contribution in [0.1, 0.15) is 67.2 Å². The van der Waals surface area contributed by atoms with E-state index >= 15 is 0 Å². The standard InChI is InChI=1S/C10H18O.C10H16/c1-6-8-4-7(5-9(6)11)10(8,2)3;1-7-4-5-8-6-9(7)10(8,2)3/h6-9,11H,4-5H2,1-3H3;4,8-9H,5-6H2,1-3H3/t6-,7+,8-,9-;8-,9-/m11/s1. The average Bonchev–Trinajstić information content (AvgIpc) is 2.41. The van der Waals surface area contributed by atoms with E-state index in [1.165, 1.54) is 19.3 Å². The number of aliphatic hydroxyl groups excluding tert-OH is 1. The van der Waals surface area contributed by atoms with Crippen LogP contribution in [0.25, 0.3) is 0 Å². The zero-order valence-corrected chi connectivity index (χ0v) is 14.8. The van der Waals surface area contributed by atoms with Gasteiger partial charge < -0.3 is 5.11 Å². The van der Waals surface area contributed by atoms with Gasteiger partial charge in [0.15, 0.2) is 0 Å². The van der Waals surface area contributed by atoms with E-state index in [0.29, 0.717) is 16.7 Å². The minimum Gasteiger partial charge on any atom is -0.393 e. The number of rotatable bonds is 0. The van der Waals surface area contributed by atoms with Gasteiger partial charge in [-0.3, -0.25) is 0 Å². The summed E-state index contributed by atoms with van der Waals surface area (Å²) < 4.78 is 0.